The first kappa shape index (κ1) is 19.6. The van der Waals surface area contributed by atoms with E-state index in [9.17, 15) is 4.79 Å². The molecule has 0 spiro atoms. The molecule has 0 aliphatic carbocycles. The summed E-state index contributed by atoms with van der Waals surface area (Å²) < 4.78 is 5.92. The predicted octanol–water partition coefficient (Wildman–Crippen LogP) is 5.09. The van der Waals surface area contributed by atoms with Gasteiger partial charge in [0.05, 0.1) is 0 Å². The fraction of sp³-hybridized carbons (Fsp3) is 0.250. The lowest BCUT2D eigenvalue weighted by molar-refractivity contribution is -0.122. The number of pyridine rings is 1. The van der Waals surface area contributed by atoms with Gasteiger partial charge in [0.15, 0.2) is 6.10 Å². The van der Waals surface area contributed by atoms with Crippen molar-refractivity contribution in [2.45, 2.75) is 39.7 Å². The number of carbonyl (C=O) groups excluding carboxylic acids is 1. The number of benzene rings is 2. The fourth-order valence-electron chi connectivity index (χ4n) is 2.94. The van der Waals surface area contributed by atoms with Gasteiger partial charge in [-0.25, -0.2) is 0 Å². The molecule has 28 heavy (non-hydrogen) atoms. The second kappa shape index (κ2) is 9.18. The van der Waals surface area contributed by atoms with Gasteiger partial charge in [-0.15, -0.1) is 0 Å². The summed E-state index contributed by atoms with van der Waals surface area (Å²) in [4.78, 5) is 16.7. The van der Waals surface area contributed by atoms with Crippen molar-refractivity contribution >= 4 is 11.6 Å². The number of aryl methyl sites for hydroxylation is 2. The summed E-state index contributed by atoms with van der Waals surface area (Å²) in [6.07, 6.45) is 4.50. The molecule has 1 heterocycles. The van der Waals surface area contributed by atoms with Gasteiger partial charge in [0.25, 0.3) is 5.91 Å². The molecule has 0 radical (unpaired) electrons. The minimum atomic E-state index is -0.529. The van der Waals surface area contributed by atoms with Crippen molar-refractivity contribution in [2.24, 2.45) is 0 Å². The molecule has 1 N–H and O–H groups in total. The number of hydrogen-bond acceptors (Lipinski definition) is 3. The standard InChI is InChI=1S/C24H26N2O2/c1-4-23(28-22-10-5-17(2)18(3)15-22)24(27)26-21-8-6-19(7-9-21)16-20-11-13-25-14-12-20/h5-15,23H,4,16H2,1-3H3,(H,26,27)/t23-/m1/s1. The van der Waals surface area contributed by atoms with Crippen LogP contribution in [0.25, 0.3) is 0 Å². The summed E-state index contributed by atoms with van der Waals surface area (Å²) in [6, 6.07) is 17.8. The van der Waals surface area contributed by atoms with Gasteiger partial charge in [-0.05, 0) is 85.3 Å². The average Bonchev–Trinajstić information content (AvgIpc) is 2.71. The zero-order chi connectivity index (χ0) is 19.9. The lowest BCUT2D eigenvalue weighted by Crippen LogP contribution is -2.32. The maximum Gasteiger partial charge on any atom is 0.265 e. The number of ether oxygens (including phenoxy) is 1. The third-order valence-electron chi connectivity index (χ3n) is 4.80. The number of amides is 1. The SMILES string of the molecule is CC[C@@H](Oc1ccc(C)c(C)c1)C(=O)Nc1ccc(Cc2ccncc2)cc1. The van der Waals surface area contributed by atoms with Crippen LogP contribution >= 0.6 is 0 Å². The van der Waals surface area contributed by atoms with Crippen LogP contribution in [0.3, 0.4) is 0 Å². The van der Waals surface area contributed by atoms with Crippen LogP contribution in [0.1, 0.15) is 35.6 Å². The zero-order valence-corrected chi connectivity index (χ0v) is 16.6. The van der Waals surface area contributed by atoms with Crippen LogP contribution < -0.4 is 10.1 Å². The Balaban J connectivity index is 1.61. The fourth-order valence-corrected chi connectivity index (χ4v) is 2.94. The highest BCUT2D eigenvalue weighted by molar-refractivity contribution is 5.94. The lowest BCUT2D eigenvalue weighted by atomic mass is 10.1. The molecule has 1 aromatic heterocycles. The number of anilines is 1. The van der Waals surface area contributed by atoms with Gasteiger partial charge < -0.3 is 10.1 Å². The van der Waals surface area contributed by atoms with E-state index < -0.39 is 6.10 Å². The normalized spacial score (nSPS) is 11.7. The van der Waals surface area contributed by atoms with Crippen molar-refractivity contribution in [1.29, 1.82) is 0 Å². The molecule has 0 saturated heterocycles. The van der Waals surface area contributed by atoms with Crippen molar-refractivity contribution in [2.75, 3.05) is 5.32 Å². The molecule has 0 fully saturated rings. The third-order valence-corrected chi connectivity index (χ3v) is 4.80. The summed E-state index contributed by atoms with van der Waals surface area (Å²) in [5, 5.41) is 2.96. The molecule has 1 amide bonds. The Hall–Kier alpha value is -3.14. The van der Waals surface area contributed by atoms with Crippen LogP contribution in [0, 0.1) is 13.8 Å². The highest BCUT2D eigenvalue weighted by Gasteiger charge is 2.18. The molecular formula is C24H26N2O2. The number of nitrogens with one attached hydrogen (secondary N) is 1. The Morgan fingerprint density at radius 1 is 0.964 bits per heavy atom. The molecular weight excluding hydrogens is 348 g/mol. The van der Waals surface area contributed by atoms with Crippen LogP contribution in [0.5, 0.6) is 5.75 Å². The van der Waals surface area contributed by atoms with Crippen LogP contribution in [-0.2, 0) is 11.2 Å². The van der Waals surface area contributed by atoms with Gasteiger partial charge in [0, 0.05) is 18.1 Å². The summed E-state index contributed by atoms with van der Waals surface area (Å²) in [6.45, 7) is 6.04. The highest BCUT2D eigenvalue weighted by atomic mass is 16.5. The average molecular weight is 374 g/mol. The predicted molar refractivity (Wildman–Crippen MR) is 113 cm³/mol. The number of aromatic nitrogens is 1. The second-order valence-corrected chi connectivity index (χ2v) is 6.98. The van der Waals surface area contributed by atoms with E-state index in [1.54, 1.807) is 12.4 Å². The van der Waals surface area contributed by atoms with Crippen LogP contribution in [0.15, 0.2) is 67.0 Å². The zero-order valence-electron chi connectivity index (χ0n) is 16.6. The maximum absolute atomic E-state index is 12.6. The topological polar surface area (TPSA) is 51.2 Å². The van der Waals surface area contributed by atoms with Crippen molar-refractivity contribution in [3.8, 4) is 5.75 Å². The molecule has 0 unspecified atom stereocenters. The molecule has 0 aliphatic heterocycles. The van der Waals surface area contributed by atoms with Crippen LogP contribution in [0.2, 0.25) is 0 Å². The number of nitrogens with zero attached hydrogens (tertiary/aromatic N) is 1. The summed E-state index contributed by atoms with van der Waals surface area (Å²) >= 11 is 0. The molecule has 2 aromatic carbocycles. The summed E-state index contributed by atoms with van der Waals surface area (Å²) in [5.41, 5.74) is 5.52. The van der Waals surface area contributed by atoms with Crippen LogP contribution in [-0.4, -0.2) is 17.0 Å². The lowest BCUT2D eigenvalue weighted by Gasteiger charge is -2.18. The Labute approximate surface area is 166 Å². The smallest absolute Gasteiger partial charge is 0.265 e. The van der Waals surface area contributed by atoms with Gasteiger partial charge in [-0.3, -0.25) is 9.78 Å². The largest absolute Gasteiger partial charge is 0.481 e. The number of rotatable bonds is 7. The van der Waals surface area contributed by atoms with Crippen molar-refractivity contribution in [3.05, 3.63) is 89.2 Å². The Morgan fingerprint density at radius 2 is 1.64 bits per heavy atom. The van der Waals surface area contributed by atoms with E-state index in [0.717, 1.165) is 23.4 Å². The first-order valence-electron chi connectivity index (χ1n) is 9.57. The number of carbonyl (C=O) groups is 1. The van der Waals surface area contributed by atoms with Gasteiger partial charge >= 0.3 is 0 Å². The van der Waals surface area contributed by atoms with E-state index in [2.05, 4.69) is 17.2 Å². The molecule has 4 heteroatoms. The molecule has 3 rings (SSSR count). The van der Waals surface area contributed by atoms with Crippen molar-refractivity contribution < 1.29 is 9.53 Å². The summed E-state index contributed by atoms with van der Waals surface area (Å²) in [5.74, 6) is 0.584. The van der Waals surface area contributed by atoms with Gasteiger partial charge in [-0.1, -0.05) is 25.1 Å². The van der Waals surface area contributed by atoms with Crippen LogP contribution in [0.4, 0.5) is 5.69 Å². The van der Waals surface area contributed by atoms with E-state index >= 15 is 0 Å². The van der Waals surface area contributed by atoms with Gasteiger partial charge in [0.2, 0.25) is 0 Å². The molecule has 4 nitrogen and oxygen atoms in total. The Kier molecular flexibility index (Phi) is 6.43. The highest BCUT2D eigenvalue weighted by Crippen LogP contribution is 2.20. The molecule has 0 bridgehead atoms. The minimum Gasteiger partial charge on any atom is -0.481 e. The van der Waals surface area contributed by atoms with E-state index in [1.165, 1.54) is 16.7 Å². The molecule has 1 atom stereocenters. The number of hydrogen-bond donors (Lipinski definition) is 1. The minimum absolute atomic E-state index is 0.136. The molecule has 3 aromatic rings. The molecule has 144 valence electrons. The third kappa shape index (κ3) is 5.19. The second-order valence-electron chi connectivity index (χ2n) is 6.98. The van der Waals surface area contributed by atoms with Crippen molar-refractivity contribution in [3.63, 3.8) is 0 Å². The van der Waals surface area contributed by atoms with Gasteiger partial charge in [-0.2, -0.15) is 0 Å². The first-order valence-corrected chi connectivity index (χ1v) is 9.57. The van der Waals surface area contributed by atoms with E-state index in [0.29, 0.717) is 6.42 Å². The molecule has 0 saturated carbocycles. The Bertz CT molecular complexity index is 921. The Morgan fingerprint density at radius 3 is 2.29 bits per heavy atom. The van der Waals surface area contributed by atoms with E-state index in [4.69, 9.17) is 4.74 Å². The van der Waals surface area contributed by atoms with Gasteiger partial charge in [0.1, 0.15) is 5.75 Å². The van der Waals surface area contributed by atoms with E-state index in [-0.39, 0.29) is 5.91 Å². The molecule has 0 aliphatic rings. The maximum atomic E-state index is 12.6. The van der Waals surface area contributed by atoms with Crippen molar-refractivity contribution in [1.82, 2.24) is 4.98 Å². The monoisotopic (exact) mass is 374 g/mol. The van der Waals surface area contributed by atoms with E-state index in [1.807, 2.05) is 68.4 Å². The first-order chi connectivity index (χ1) is 13.5. The quantitative estimate of drug-likeness (QED) is 0.627. The summed E-state index contributed by atoms with van der Waals surface area (Å²) in [7, 11) is 0.